The summed E-state index contributed by atoms with van der Waals surface area (Å²) in [5, 5.41) is 0. The predicted octanol–water partition coefficient (Wildman–Crippen LogP) is 3.74. The minimum atomic E-state index is -0.208. The third-order valence-corrected chi connectivity index (χ3v) is 4.68. The summed E-state index contributed by atoms with van der Waals surface area (Å²) in [5.41, 5.74) is 2.19. The molecule has 4 nitrogen and oxygen atoms in total. The van der Waals surface area contributed by atoms with Crippen LogP contribution < -0.4 is 9.47 Å². The number of ether oxygens (including phenoxy) is 3. The van der Waals surface area contributed by atoms with E-state index in [0.717, 1.165) is 61.7 Å². The van der Waals surface area contributed by atoms with Crippen LogP contribution in [0.15, 0.2) is 42.5 Å². The zero-order valence-corrected chi connectivity index (χ0v) is 14.1. The summed E-state index contributed by atoms with van der Waals surface area (Å²) in [4.78, 5) is 2.33. The van der Waals surface area contributed by atoms with Crippen molar-refractivity contribution in [3.05, 3.63) is 59.4 Å². The number of para-hydroxylation sites is 1. The Morgan fingerprint density at radius 3 is 2.72 bits per heavy atom. The fraction of sp³-hybridized carbons (Fsp3) is 0.400. The van der Waals surface area contributed by atoms with Gasteiger partial charge in [0.05, 0.1) is 6.10 Å². The summed E-state index contributed by atoms with van der Waals surface area (Å²) in [6, 6.07) is 12.7. The number of fused-ring (bicyclic) bond motifs is 1. The second-order valence-electron chi connectivity index (χ2n) is 6.58. The van der Waals surface area contributed by atoms with E-state index in [2.05, 4.69) is 11.0 Å². The van der Waals surface area contributed by atoms with Gasteiger partial charge in [0.15, 0.2) is 11.5 Å². The average molecular weight is 343 g/mol. The van der Waals surface area contributed by atoms with Gasteiger partial charge in [-0.2, -0.15) is 0 Å². The Morgan fingerprint density at radius 1 is 1.04 bits per heavy atom. The maximum atomic E-state index is 13.2. The molecule has 0 spiro atoms. The molecule has 4 rings (SSSR count). The maximum Gasteiger partial charge on any atom is 0.231 e. The van der Waals surface area contributed by atoms with Crippen molar-refractivity contribution in [2.45, 2.75) is 32.0 Å². The van der Waals surface area contributed by atoms with Crippen molar-refractivity contribution < 1.29 is 18.6 Å². The van der Waals surface area contributed by atoms with Crippen LogP contribution in [0.25, 0.3) is 0 Å². The molecule has 0 saturated carbocycles. The number of nitrogens with zero attached hydrogens (tertiary/aromatic N) is 1. The quantitative estimate of drug-likeness (QED) is 0.800. The van der Waals surface area contributed by atoms with Crippen LogP contribution in [0, 0.1) is 5.82 Å². The molecule has 2 heterocycles. The first-order chi connectivity index (χ1) is 12.3. The SMILES string of the molecule is Fc1ccc(CN(Cc2cccc3c2OCO3)C[C@H]2CCCO2)cc1. The highest BCUT2D eigenvalue weighted by Gasteiger charge is 2.23. The van der Waals surface area contributed by atoms with E-state index in [4.69, 9.17) is 14.2 Å². The van der Waals surface area contributed by atoms with Crippen molar-refractivity contribution in [1.29, 1.82) is 0 Å². The van der Waals surface area contributed by atoms with Crippen LogP contribution in [0.5, 0.6) is 11.5 Å². The minimum Gasteiger partial charge on any atom is -0.454 e. The van der Waals surface area contributed by atoms with Crippen molar-refractivity contribution in [2.75, 3.05) is 19.9 Å². The van der Waals surface area contributed by atoms with E-state index in [1.165, 1.54) is 12.1 Å². The van der Waals surface area contributed by atoms with E-state index in [1.807, 2.05) is 24.3 Å². The van der Waals surface area contributed by atoms with Gasteiger partial charge in [0.2, 0.25) is 6.79 Å². The van der Waals surface area contributed by atoms with E-state index in [-0.39, 0.29) is 18.7 Å². The summed E-state index contributed by atoms with van der Waals surface area (Å²) >= 11 is 0. The first-order valence-electron chi connectivity index (χ1n) is 8.74. The van der Waals surface area contributed by atoms with Crippen molar-refractivity contribution in [1.82, 2.24) is 4.90 Å². The molecule has 2 aromatic rings. The van der Waals surface area contributed by atoms with E-state index >= 15 is 0 Å². The highest BCUT2D eigenvalue weighted by Crippen LogP contribution is 2.36. The van der Waals surface area contributed by atoms with Crippen LogP contribution in [0.3, 0.4) is 0 Å². The largest absolute Gasteiger partial charge is 0.454 e. The summed E-state index contributed by atoms with van der Waals surface area (Å²) in [5.74, 6) is 1.43. The summed E-state index contributed by atoms with van der Waals surface area (Å²) in [7, 11) is 0. The molecule has 0 aliphatic carbocycles. The topological polar surface area (TPSA) is 30.9 Å². The Labute approximate surface area is 147 Å². The predicted molar refractivity (Wildman–Crippen MR) is 92.1 cm³/mol. The van der Waals surface area contributed by atoms with E-state index in [0.29, 0.717) is 0 Å². The standard InChI is InChI=1S/C20H22FNO3/c21-17-8-6-15(7-9-17)11-22(13-18-4-2-10-23-18)12-16-3-1-5-19-20(16)25-14-24-19/h1,3,5-9,18H,2,4,10-14H2/t18-/m1/s1. The molecular weight excluding hydrogens is 321 g/mol. The summed E-state index contributed by atoms with van der Waals surface area (Å²) in [6.45, 7) is 3.44. The molecule has 132 valence electrons. The molecule has 0 aromatic heterocycles. The van der Waals surface area contributed by atoms with Gasteiger partial charge in [-0.05, 0) is 36.6 Å². The van der Waals surface area contributed by atoms with Crippen molar-refractivity contribution in [2.24, 2.45) is 0 Å². The fourth-order valence-corrected chi connectivity index (χ4v) is 3.47. The number of hydrogen-bond donors (Lipinski definition) is 0. The van der Waals surface area contributed by atoms with Gasteiger partial charge in [-0.1, -0.05) is 24.3 Å². The Bertz CT molecular complexity index is 713. The van der Waals surface area contributed by atoms with Crippen molar-refractivity contribution >= 4 is 0 Å². The van der Waals surface area contributed by atoms with Gasteiger partial charge in [0, 0.05) is 31.8 Å². The van der Waals surface area contributed by atoms with Gasteiger partial charge in [-0.25, -0.2) is 4.39 Å². The van der Waals surface area contributed by atoms with Crippen molar-refractivity contribution in [3.8, 4) is 11.5 Å². The Balaban J connectivity index is 1.52. The van der Waals surface area contributed by atoms with Crippen LogP contribution in [0.1, 0.15) is 24.0 Å². The zero-order valence-electron chi connectivity index (χ0n) is 14.1. The van der Waals surface area contributed by atoms with Gasteiger partial charge in [-0.3, -0.25) is 4.90 Å². The van der Waals surface area contributed by atoms with Crippen LogP contribution in [-0.2, 0) is 17.8 Å². The summed E-state index contributed by atoms with van der Waals surface area (Å²) < 4.78 is 30.1. The van der Waals surface area contributed by atoms with Crippen LogP contribution in [0.2, 0.25) is 0 Å². The lowest BCUT2D eigenvalue weighted by molar-refractivity contribution is 0.0675. The van der Waals surface area contributed by atoms with Gasteiger partial charge < -0.3 is 14.2 Å². The van der Waals surface area contributed by atoms with Crippen LogP contribution in [-0.4, -0.2) is 30.9 Å². The molecule has 25 heavy (non-hydrogen) atoms. The Morgan fingerprint density at radius 2 is 1.92 bits per heavy atom. The third kappa shape index (κ3) is 3.94. The molecule has 1 saturated heterocycles. The Hall–Kier alpha value is -2.11. The van der Waals surface area contributed by atoms with E-state index in [9.17, 15) is 4.39 Å². The number of halogens is 1. The van der Waals surface area contributed by atoms with E-state index < -0.39 is 0 Å². The highest BCUT2D eigenvalue weighted by atomic mass is 19.1. The normalized spacial score (nSPS) is 18.9. The highest BCUT2D eigenvalue weighted by molar-refractivity contribution is 5.48. The maximum absolute atomic E-state index is 13.2. The first-order valence-corrected chi connectivity index (χ1v) is 8.74. The van der Waals surface area contributed by atoms with Crippen molar-refractivity contribution in [3.63, 3.8) is 0 Å². The molecule has 0 amide bonds. The number of hydrogen-bond acceptors (Lipinski definition) is 4. The fourth-order valence-electron chi connectivity index (χ4n) is 3.47. The van der Waals surface area contributed by atoms with Gasteiger partial charge in [0.25, 0.3) is 0 Å². The number of rotatable bonds is 6. The lowest BCUT2D eigenvalue weighted by Crippen LogP contribution is -2.31. The second kappa shape index (κ2) is 7.42. The lowest BCUT2D eigenvalue weighted by atomic mass is 10.1. The molecule has 5 heteroatoms. The second-order valence-corrected chi connectivity index (χ2v) is 6.58. The van der Waals surface area contributed by atoms with Crippen LogP contribution >= 0.6 is 0 Å². The number of benzene rings is 2. The monoisotopic (exact) mass is 343 g/mol. The van der Waals surface area contributed by atoms with E-state index in [1.54, 1.807) is 0 Å². The smallest absolute Gasteiger partial charge is 0.231 e. The molecule has 1 fully saturated rings. The molecule has 0 radical (unpaired) electrons. The van der Waals surface area contributed by atoms with Gasteiger partial charge in [-0.15, -0.1) is 0 Å². The third-order valence-electron chi connectivity index (χ3n) is 4.68. The molecule has 0 bridgehead atoms. The molecule has 2 aromatic carbocycles. The molecule has 2 aliphatic rings. The molecule has 1 atom stereocenters. The molecular formula is C20H22FNO3. The molecule has 0 unspecified atom stereocenters. The summed E-state index contributed by atoms with van der Waals surface area (Å²) in [6.07, 6.45) is 2.47. The Kier molecular flexibility index (Phi) is 4.85. The average Bonchev–Trinajstić information content (AvgIpc) is 3.29. The van der Waals surface area contributed by atoms with Gasteiger partial charge in [0.1, 0.15) is 5.82 Å². The zero-order chi connectivity index (χ0) is 17.1. The first kappa shape index (κ1) is 16.4. The minimum absolute atomic E-state index is 0.208. The molecule has 2 aliphatic heterocycles. The molecule has 0 N–H and O–H groups in total. The van der Waals surface area contributed by atoms with Gasteiger partial charge >= 0.3 is 0 Å². The van der Waals surface area contributed by atoms with Crippen LogP contribution in [0.4, 0.5) is 4.39 Å². The lowest BCUT2D eigenvalue weighted by Gasteiger charge is -2.26.